The third-order valence-electron chi connectivity index (χ3n) is 4.12. The molecule has 0 amide bonds. The zero-order chi connectivity index (χ0) is 17.8. The summed E-state index contributed by atoms with van der Waals surface area (Å²) in [6.07, 6.45) is 0. The number of ether oxygens (including phenoxy) is 1. The monoisotopic (exact) mass is 357 g/mol. The second-order valence-corrected chi connectivity index (χ2v) is 6.16. The van der Waals surface area contributed by atoms with Gasteiger partial charge in [-0.2, -0.15) is 0 Å². The van der Waals surface area contributed by atoms with E-state index < -0.39 is 5.97 Å². The van der Waals surface area contributed by atoms with Crippen molar-refractivity contribution in [2.45, 2.75) is 26.4 Å². The zero-order valence-corrected chi connectivity index (χ0v) is 15.0. The molecule has 130 valence electrons. The van der Waals surface area contributed by atoms with Crippen LogP contribution in [0, 0.1) is 0 Å². The molecule has 0 bridgehead atoms. The first-order chi connectivity index (χ1) is 12.1. The van der Waals surface area contributed by atoms with Crippen molar-refractivity contribution in [3.05, 3.63) is 70.4 Å². The number of hydrogen-bond donors (Lipinski definition) is 1. The molecule has 5 heteroatoms. The van der Waals surface area contributed by atoms with Crippen LogP contribution in [0.3, 0.4) is 0 Å². The zero-order valence-electron chi connectivity index (χ0n) is 14.2. The first kappa shape index (κ1) is 17.5. The summed E-state index contributed by atoms with van der Waals surface area (Å²) in [5.41, 5.74) is 2.48. The predicted molar refractivity (Wildman–Crippen MR) is 98.9 cm³/mol. The number of furan rings is 1. The number of esters is 1. The number of rotatable bonds is 6. The van der Waals surface area contributed by atoms with Crippen LogP contribution < -0.4 is 5.32 Å². The predicted octanol–water partition coefficient (Wildman–Crippen LogP) is 5.11. The van der Waals surface area contributed by atoms with Gasteiger partial charge in [0.15, 0.2) is 0 Å². The highest BCUT2D eigenvalue weighted by atomic mass is 35.5. The van der Waals surface area contributed by atoms with Gasteiger partial charge >= 0.3 is 5.97 Å². The molecule has 25 heavy (non-hydrogen) atoms. The van der Waals surface area contributed by atoms with Gasteiger partial charge in [-0.15, -0.1) is 0 Å². The summed E-state index contributed by atoms with van der Waals surface area (Å²) >= 11 is 6.27. The van der Waals surface area contributed by atoms with Crippen LogP contribution in [-0.2, 0) is 11.3 Å². The fourth-order valence-electron chi connectivity index (χ4n) is 2.83. The smallest absolute Gasteiger partial charge is 0.374 e. The van der Waals surface area contributed by atoms with E-state index in [2.05, 4.69) is 5.32 Å². The number of carbonyl (C=O) groups excluding carboxylic acids is 1. The minimum atomic E-state index is -0.444. The summed E-state index contributed by atoms with van der Waals surface area (Å²) in [7, 11) is 0. The second kappa shape index (κ2) is 7.72. The van der Waals surface area contributed by atoms with Gasteiger partial charge in [0.1, 0.15) is 5.58 Å². The van der Waals surface area contributed by atoms with Crippen LogP contribution in [0.1, 0.15) is 41.6 Å². The van der Waals surface area contributed by atoms with E-state index in [9.17, 15) is 4.79 Å². The van der Waals surface area contributed by atoms with Crippen molar-refractivity contribution < 1.29 is 13.9 Å². The number of carbonyl (C=O) groups is 1. The minimum absolute atomic E-state index is 0.0254. The Morgan fingerprint density at radius 1 is 1.20 bits per heavy atom. The molecule has 1 heterocycles. The van der Waals surface area contributed by atoms with Gasteiger partial charge in [-0.1, -0.05) is 48.0 Å². The van der Waals surface area contributed by atoms with Crippen molar-refractivity contribution >= 4 is 28.5 Å². The van der Waals surface area contributed by atoms with E-state index >= 15 is 0 Å². The first-order valence-corrected chi connectivity index (χ1v) is 8.65. The molecule has 0 radical (unpaired) electrons. The van der Waals surface area contributed by atoms with Crippen molar-refractivity contribution in [3.63, 3.8) is 0 Å². The lowest BCUT2D eigenvalue weighted by Gasteiger charge is -2.15. The number of nitrogens with one attached hydrogen (secondary N) is 1. The third kappa shape index (κ3) is 3.70. The van der Waals surface area contributed by atoms with Gasteiger partial charge in [-0.25, -0.2) is 4.79 Å². The van der Waals surface area contributed by atoms with Crippen LogP contribution >= 0.6 is 11.6 Å². The van der Waals surface area contributed by atoms with Crippen LogP contribution in [0.25, 0.3) is 11.0 Å². The standard InChI is InChI=1S/C20H20ClNO3/c1-3-24-20(23)19-16(15-9-5-7-11-18(15)25-19)12-22-13(2)14-8-4-6-10-17(14)21/h4-11,13,22H,3,12H2,1-2H3/t13-/m1/s1. The molecule has 0 saturated carbocycles. The SMILES string of the molecule is CCOC(=O)c1oc2ccccc2c1CN[C@H](C)c1ccccc1Cl. The number of fused-ring (bicyclic) bond motifs is 1. The van der Waals surface area contributed by atoms with Gasteiger partial charge in [0.05, 0.1) is 6.61 Å². The van der Waals surface area contributed by atoms with Gasteiger partial charge < -0.3 is 14.5 Å². The lowest BCUT2D eigenvalue weighted by molar-refractivity contribution is 0.0490. The average molecular weight is 358 g/mol. The van der Waals surface area contributed by atoms with Crippen molar-refractivity contribution in [1.29, 1.82) is 0 Å². The summed E-state index contributed by atoms with van der Waals surface area (Å²) in [5, 5.41) is 5.04. The maximum Gasteiger partial charge on any atom is 0.374 e. The van der Waals surface area contributed by atoms with E-state index in [1.54, 1.807) is 6.92 Å². The van der Waals surface area contributed by atoms with Gasteiger partial charge in [0, 0.05) is 28.6 Å². The first-order valence-electron chi connectivity index (χ1n) is 8.27. The normalized spacial score (nSPS) is 12.3. The van der Waals surface area contributed by atoms with Crippen LogP contribution in [0.15, 0.2) is 52.9 Å². The molecule has 0 aliphatic heterocycles. The van der Waals surface area contributed by atoms with Crippen molar-refractivity contribution in [2.24, 2.45) is 0 Å². The third-order valence-corrected chi connectivity index (χ3v) is 4.46. The van der Waals surface area contributed by atoms with Crippen LogP contribution in [0.5, 0.6) is 0 Å². The second-order valence-electron chi connectivity index (χ2n) is 5.75. The van der Waals surface area contributed by atoms with Gasteiger partial charge in [-0.3, -0.25) is 0 Å². The maximum absolute atomic E-state index is 12.2. The Balaban J connectivity index is 1.88. The summed E-state index contributed by atoms with van der Waals surface area (Å²) in [4.78, 5) is 12.2. The van der Waals surface area contributed by atoms with Crippen molar-refractivity contribution in [2.75, 3.05) is 6.61 Å². The van der Waals surface area contributed by atoms with Gasteiger partial charge in [-0.05, 0) is 31.5 Å². The Morgan fingerprint density at radius 3 is 2.68 bits per heavy atom. The van der Waals surface area contributed by atoms with Gasteiger partial charge in [0.25, 0.3) is 0 Å². The molecule has 3 aromatic rings. The molecule has 0 fully saturated rings. The molecular weight excluding hydrogens is 338 g/mol. The molecule has 4 nitrogen and oxygen atoms in total. The molecule has 0 aliphatic carbocycles. The van der Waals surface area contributed by atoms with Gasteiger partial charge in [0.2, 0.25) is 5.76 Å². The summed E-state index contributed by atoms with van der Waals surface area (Å²) in [6.45, 7) is 4.59. The summed E-state index contributed by atoms with van der Waals surface area (Å²) in [6, 6.07) is 15.3. The number of halogens is 1. The maximum atomic E-state index is 12.2. The van der Waals surface area contributed by atoms with E-state index in [1.165, 1.54) is 0 Å². The molecular formula is C20H20ClNO3. The van der Waals surface area contributed by atoms with E-state index in [-0.39, 0.29) is 11.8 Å². The molecule has 3 rings (SSSR count). The Labute approximate surface area is 151 Å². The highest BCUT2D eigenvalue weighted by Gasteiger charge is 2.22. The number of para-hydroxylation sites is 1. The highest BCUT2D eigenvalue weighted by Crippen LogP contribution is 2.28. The largest absolute Gasteiger partial charge is 0.460 e. The molecule has 0 unspecified atom stereocenters. The molecule has 1 aromatic heterocycles. The topological polar surface area (TPSA) is 51.5 Å². The number of hydrogen-bond acceptors (Lipinski definition) is 4. The summed E-state index contributed by atoms with van der Waals surface area (Å²) in [5.74, 6) is -0.192. The fraction of sp³-hybridized carbons (Fsp3) is 0.250. The molecule has 2 aromatic carbocycles. The summed E-state index contributed by atoms with van der Waals surface area (Å²) < 4.78 is 10.9. The van der Waals surface area contributed by atoms with Crippen molar-refractivity contribution in [1.82, 2.24) is 5.32 Å². The highest BCUT2D eigenvalue weighted by molar-refractivity contribution is 6.31. The Bertz CT molecular complexity index is 888. The van der Waals surface area contributed by atoms with Crippen LogP contribution in [0.4, 0.5) is 0 Å². The lowest BCUT2D eigenvalue weighted by atomic mass is 10.1. The van der Waals surface area contributed by atoms with Crippen LogP contribution in [0.2, 0.25) is 5.02 Å². The minimum Gasteiger partial charge on any atom is -0.460 e. The Kier molecular flexibility index (Phi) is 5.41. The van der Waals surface area contributed by atoms with E-state index in [0.717, 1.165) is 16.5 Å². The molecule has 0 spiro atoms. The number of benzene rings is 2. The van der Waals surface area contributed by atoms with E-state index in [1.807, 2.05) is 55.5 Å². The Morgan fingerprint density at radius 2 is 1.92 bits per heavy atom. The fourth-order valence-corrected chi connectivity index (χ4v) is 3.13. The quantitative estimate of drug-likeness (QED) is 0.622. The average Bonchev–Trinajstić information content (AvgIpc) is 2.99. The lowest BCUT2D eigenvalue weighted by Crippen LogP contribution is -2.20. The van der Waals surface area contributed by atoms with E-state index in [0.29, 0.717) is 23.8 Å². The molecule has 0 aliphatic rings. The molecule has 0 saturated heterocycles. The van der Waals surface area contributed by atoms with Crippen molar-refractivity contribution in [3.8, 4) is 0 Å². The Hall–Kier alpha value is -2.30. The van der Waals surface area contributed by atoms with Crippen LogP contribution in [-0.4, -0.2) is 12.6 Å². The molecule has 1 N–H and O–H groups in total. The molecule has 1 atom stereocenters. The van der Waals surface area contributed by atoms with E-state index in [4.69, 9.17) is 20.8 Å².